The first kappa shape index (κ1) is 10.5. The standard InChI is InChI=1S/C10H19NO2/c1-3-11-6-4-5-10(7-11)8-13-9(2)12/h10H,3-8H2,1-2H3. The Morgan fingerprint density at radius 1 is 1.62 bits per heavy atom. The molecule has 0 aliphatic carbocycles. The Morgan fingerprint density at radius 3 is 3.00 bits per heavy atom. The Balaban J connectivity index is 2.21. The van der Waals surface area contributed by atoms with Crippen molar-refractivity contribution in [2.75, 3.05) is 26.2 Å². The molecule has 0 aromatic heterocycles. The van der Waals surface area contributed by atoms with Crippen molar-refractivity contribution in [2.24, 2.45) is 5.92 Å². The van der Waals surface area contributed by atoms with Crippen molar-refractivity contribution in [3.05, 3.63) is 0 Å². The number of hydrogen-bond acceptors (Lipinski definition) is 3. The van der Waals surface area contributed by atoms with Crippen LogP contribution in [-0.4, -0.2) is 37.1 Å². The molecule has 13 heavy (non-hydrogen) atoms. The fourth-order valence-corrected chi connectivity index (χ4v) is 1.81. The number of likely N-dealkylation sites (tertiary alicyclic amines) is 1. The summed E-state index contributed by atoms with van der Waals surface area (Å²) in [5.41, 5.74) is 0. The molecule has 1 heterocycles. The first-order valence-corrected chi connectivity index (χ1v) is 5.08. The van der Waals surface area contributed by atoms with Gasteiger partial charge in [-0.3, -0.25) is 4.79 Å². The molecule has 0 bridgehead atoms. The second-order valence-electron chi connectivity index (χ2n) is 3.70. The summed E-state index contributed by atoms with van der Waals surface area (Å²) in [6, 6.07) is 0. The van der Waals surface area contributed by atoms with Crippen LogP contribution in [0.15, 0.2) is 0 Å². The largest absolute Gasteiger partial charge is 0.466 e. The van der Waals surface area contributed by atoms with E-state index in [-0.39, 0.29) is 5.97 Å². The van der Waals surface area contributed by atoms with Gasteiger partial charge in [-0.05, 0) is 25.9 Å². The summed E-state index contributed by atoms with van der Waals surface area (Å²) in [5, 5.41) is 0. The van der Waals surface area contributed by atoms with Crippen molar-refractivity contribution in [1.82, 2.24) is 4.90 Å². The summed E-state index contributed by atoms with van der Waals surface area (Å²) in [6.07, 6.45) is 2.43. The lowest BCUT2D eigenvalue weighted by molar-refractivity contribution is -0.142. The van der Waals surface area contributed by atoms with Gasteiger partial charge in [-0.1, -0.05) is 6.92 Å². The summed E-state index contributed by atoms with van der Waals surface area (Å²) < 4.78 is 5.01. The minimum absolute atomic E-state index is 0.159. The van der Waals surface area contributed by atoms with E-state index < -0.39 is 0 Å². The molecule has 0 amide bonds. The van der Waals surface area contributed by atoms with Crippen LogP contribution in [0.25, 0.3) is 0 Å². The van der Waals surface area contributed by atoms with E-state index in [1.165, 1.54) is 26.3 Å². The zero-order chi connectivity index (χ0) is 9.68. The maximum Gasteiger partial charge on any atom is 0.302 e. The second kappa shape index (κ2) is 5.22. The van der Waals surface area contributed by atoms with Gasteiger partial charge < -0.3 is 9.64 Å². The quantitative estimate of drug-likeness (QED) is 0.620. The van der Waals surface area contributed by atoms with Crippen molar-refractivity contribution in [3.8, 4) is 0 Å². The number of esters is 1. The Bertz CT molecular complexity index is 170. The van der Waals surface area contributed by atoms with Crippen LogP contribution in [-0.2, 0) is 9.53 Å². The zero-order valence-electron chi connectivity index (χ0n) is 8.58. The summed E-state index contributed by atoms with van der Waals surface area (Å²) >= 11 is 0. The van der Waals surface area contributed by atoms with Gasteiger partial charge in [0.1, 0.15) is 0 Å². The number of ether oxygens (including phenoxy) is 1. The molecule has 0 radical (unpaired) electrons. The van der Waals surface area contributed by atoms with E-state index in [4.69, 9.17) is 4.74 Å². The van der Waals surface area contributed by atoms with E-state index >= 15 is 0 Å². The second-order valence-corrected chi connectivity index (χ2v) is 3.70. The van der Waals surface area contributed by atoms with Gasteiger partial charge in [0.25, 0.3) is 0 Å². The molecule has 3 heteroatoms. The summed E-state index contributed by atoms with van der Waals surface area (Å²) in [7, 11) is 0. The molecule has 1 saturated heterocycles. The number of rotatable bonds is 3. The van der Waals surface area contributed by atoms with Crippen LogP contribution < -0.4 is 0 Å². The summed E-state index contributed by atoms with van der Waals surface area (Å²) in [4.78, 5) is 13.0. The summed E-state index contributed by atoms with van der Waals surface area (Å²) in [5.74, 6) is 0.395. The molecule has 0 saturated carbocycles. The lowest BCUT2D eigenvalue weighted by Crippen LogP contribution is -2.37. The minimum Gasteiger partial charge on any atom is -0.466 e. The molecule has 0 aromatic rings. The molecule has 76 valence electrons. The number of carbonyl (C=O) groups is 1. The van der Waals surface area contributed by atoms with Gasteiger partial charge in [0.05, 0.1) is 6.61 Å². The molecule has 0 N–H and O–H groups in total. The van der Waals surface area contributed by atoms with Crippen LogP contribution in [0, 0.1) is 5.92 Å². The highest BCUT2D eigenvalue weighted by molar-refractivity contribution is 5.65. The third-order valence-electron chi connectivity index (χ3n) is 2.57. The maximum absolute atomic E-state index is 10.6. The van der Waals surface area contributed by atoms with Crippen LogP contribution in [0.4, 0.5) is 0 Å². The minimum atomic E-state index is -0.159. The van der Waals surface area contributed by atoms with E-state index in [2.05, 4.69) is 11.8 Å². The van der Waals surface area contributed by atoms with Gasteiger partial charge in [0.2, 0.25) is 0 Å². The van der Waals surface area contributed by atoms with Gasteiger partial charge in [-0.15, -0.1) is 0 Å². The highest BCUT2D eigenvalue weighted by Crippen LogP contribution is 2.16. The molecular weight excluding hydrogens is 166 g/mol. The molecule has 1 atom stereocenters. The molecule has 3 nitrogen and oxygen atoms in total. The fraction of sp³-hybridized carbons (Fsp3) is 0.900. The average Bonchev–Trinajstić information content (AvgIpc) is 2.15. The number of hydrogen-bond donors (Lipinski definition) is 0. The van der Waals surface area contributed by atoms with Crippen molar-refractivity contribution >= 4 is 5.97 Å². The van der Waals surface area contributed by atoms with Crippen molar-refractivity contribution in [1.29, 1.82) is 0 Å². The van der Waals surface area contributed by atoms with Gasteiger partial charge in [-0.2, -0.15) is 0 Å². The van der Waals surface area contributed by atoms with Crippen LogP contribution in [0.5, 0.6) is 0 Å². The maximum atomic E-state index is 10.6. The van der Waals surface area contributed by atoms with E-state index in [0.717, 1.165) is 13.1 Å². The predicted octanol–water partition coefficient (Wildman–Crippen LogP) is 1.28. The van der Waals surface area contributed by atoms with Crippen LogP contribution in [0.3, 0.4) is 0 Å². The van der Waals surface area contributed by atoms with Crippen molar-refractivity contribution < 1.29 is 9.53 Å². The van der Waals surface area contributed by atoms with E-state index in [1.807, 2.05) is 0 Å². The molecule has 0 aromatic carbocycles. The smallest absolute Gasteiger partial charge is 0.302 e. The van der Waals surface area contributed by atoms with Crippen molar-refractivity contribution in [3.63, 3.8) is 0 Å². The summed E-state index contributed by atoms with van der Waals surface area (Å²) in [6.45, 7) is 7.65. The van der Waals surface area contributed by atoms with E-state index in [1.54, 1.807) is 0 Å². The molecule has 1 rings (SSSR count). The van der Waals surface area contributed by atoms with Crippen LogP contribution in [0.1, 0.15) is 26.7 Å². The molecule has 0 spiro atoms. The fourth-order valence-electron chi connectivity index (χ4n) is 1.81. The highest BCUT2D eigenvalue weighted by Gasteiger charge is 2.19. The average molecular weight is 185 g/mol. The van der Waals surface area contributed by atoms with Crippen molar-refractivity contribution in [2.45, 2.75) is 26.7 Å². The zero-order valence-corrected chi connectivity index (χ0v) is 8.58. The first-order chi connectivity index (χ1) is 6.22. The van der Waals surface area contributed by atoms with Crippen LogP contribution >= 0.6 is 0 Å². The third-order valence-corrected chi connectivity index (χ3v) is 2.57. The SMILES string of the molecule is CCN1CCCC(COC(C)=O)C1. The molecule has 1 unspecified atom stereocenters. The van der Waals surface area contributed by atoms with Gasteiger partial charge in [0, 0.05) is 19.4 Å². The van der Waals surface area contributed by atoms with Crippen LogP contribution in [0.2, 0.25) is 0 Å². The van der Waals surface area contributed by atoms with Gasteiger partial charge >= 0.3 is 5.97 Å². The highest BCUT2D eigenvalue weighted by atomic mass is 16.5. The van der Waals surface area contributed by atoms with E-state index in [9.17, 15) is 4.79 Å². The normalized spacial score (nSPS) is 24.3. The lowest BCUT2D eigenvalue weighted by Gasteiger charge is -2.31. The topological polar surface area (TPSA) is 29.5 Å². The first-order valence-electron chi connectivity index (χ1n) is 5.08. The van der Waals surface area contributed by atoms with E-state index in [0.29, 0.717) is 12.5 Å². The predicted molar refractivity (Wildman–Crippen MR) is 51.5 cm³/mol. The Kier molecular flexibility index (Phi) is 4.22. The van der Waals surface area contributed by atoms with Gasteiger partial charge in [-0.25, -0.2) is 0 Å². The third kappa shape index (κ3) is 3.77. The number of nitrogens with zero attached hydrogens (tertiary/aromatic N) is 1. The Labute approximate surface area is 80.1 Å². The number of carbonyl (C=O) groups excluding carboxylic acids is 1. The Morgan fingerprint density at radius 2 is 2.38 bits per heavy atom. The van der Waals surface area contributed by atoms with Gasteiger partial charge in [0.15, 0.2) is 0 Å². The molecular formula is C10H19NO2. The lowest BCUT2D eigenvalue weighted by atomic mass is 9.99. The molecule has 1 fully saturated rings. The monoisotopic (exact) mass is 185 g/mol. The molecule has 1 aliphatic heterocycles. The molecule has 1 aliphatic rings. The number of piperidine rings is 1. The Hall–Kier alpha value is -0.570.